The predicted molar refractivity (Wildman–Crippen MR) is 111 cm³/mol. The maximum absolute atomic E-state index is 13.0. The number of morpholine rings is 1. The average molecular weight is 420 g/mol. The van der Waals surface area contributed by atoms with E-state index in [-0.39, 0.29) is 10.8 Å². The van der Waals surface area contributed by atoms with Gasteiger partial charge in [0.25, 0.3) is 5.91 Å². The Balaban J connectivity index is 1.91. The molecule has 156 valence electrons. The summed E-state index contributed by atoms with van der Waals surface area (Å²) in [6, 6.07) is 11.5. The highest BCUT2D eigenvalue weighted by atomic mass is 32.2. The maximum Gasteiger partial charge on any atom is 0.255 e. The Morgan fingerprint density at radius 2 is 1.90 bits per heavy atom. The predicted octanol–water partition coefficient (Wildman–Crippen LogP) is 2.40. The molecule has 1 fully saturated rings. The summed E-state index contributed by atoms with van der Waals surface area (Å²) in [4.78, 5) is 12.9. The number of carbonyl (C=O) groups is 1. The summed E-state index contributed by atoms with van der Waals surface area (Å²) >= 11 is 0. The van der Waals surface area contributed by atoms with Crippen molar-refractivity contribution in [3.8, 4) is 5.75 Å². The fourth-order valence-corrected chi connectivity index (χ4v) is 4.46. The van der Waals surface area contributed by atoms with Crippen LogP contribution in [0, 0.1) is 0 Å². The highest BCUT2D eigenvalue weighted by Gasteiger charge is 2.27. The zero-order chi connectivity index (χ0) is 20.9. The highest BCUT2D eigenvalue weighted by molar-refractivity contribution is 7.89. The van der Waals surface area contributed by atoms with Gasteiger partial charge in [-0.1, -0.05) is 6.07 Å². The number of nitrogens with zero attached hydrogens (tertiary/aromatic N) is 1. The van der Waals surface area contributed by atoms with Crippen molar-refractivity contribution in [2.45, 2.75) is 11.8 Å². The third kappa shape index (κ3) is 4.87. The molecule has 2 N–H and O–H groups in total. The van der Waals surface area contributed by atoms with E-state index in [1.54, 1.807) is 36.4 Å². The normalized spacial score (nSPS) is 15.0. The summed E-state index contributed by atoms with van der Waals surface area (Å²) < 4.78 is 37.7. The topological polar surface area (TPSA) is 97.0 Å². The van der Waals surface area contributed by atoms with E-state index in [9.17, 15) is 13.2 Å². The molecule has 1 aliphatic heterocycles. The van der Waals surface area contributed by atoms with Gasteiger partial charge in [-0.15, -0.1) is 0 Å². The third-order valence-electron chi connectivity index (χ3n) is 4.55. The minimum absolute atomic E-state index is 0.127. The number of carbonyl (C=O) groups excluding carboxylic acids is 1. The van der Waals surface area contributed by atoms with Gasteiger partial charge >= 0.3 is 0 Å². The quantitative estimate of drug-likeness (QED) is 0.715. The molecule has 1 aliphatic rings. The molecule has 1 heterocycles. The van der Waals surface area contributed by atoms with Crippen LogP contribution in [-0.2, 0) is 14.8 Å². The number of sulfonamides is 1. The second kappa shape index (κ2) is 9.25. The van der Waals surface area contributed by atoms with Crippen LogP contribution in [0.5, 0.6) is 5.75 Å². The van der Waals surface area contributed by atoms with E-state index in [4.69, 9.17) is 9.47 Å². The van der Waals surface area contributed by atoms with E-state index in [2.05, 4.69) is 10.6 Å². The van der Waals surface area contributed by atoms with Crippen LogP contribution >= 0.6 is 0 Å². The van der Waals surface area contributed by atoms with Crippen molar-refractivity contribution in [3.63, 3.8) is 0 Å². The largest absolute Gasteiger partial charge is 0.497 e. The lowest BCUT2D eigenvalue weighted by Crippen LogP contribution is -2.40. The SMILES string of the molecule is CCNc1ccc(S(=O)(=O)N2CCOCC2)cc1NC(=O)c1cccc(OC)c1. The summed E-state index contributed by atoms with van der Waals surface area (Å²) in [5.74, 6) is 0.206. The molecule has 0 bridgehead atoms. The van der Waals surface area contributed by atoms with Crippen molar-refractivity contribution in [1.82, 2.24) is 4.31 Å². The molecule has 2 aromatic rings. The Kier molecular flexibility index (Phi) is 6.73. The van der Waals surface area contributed by atoms with Gasteiger partial charge in [-0.05, 0) is 43.3 Å². The molecule has 3 rings (SSSR count). The van der Waals surface area contributed by atoms with Crippen molar-refractivity contribution >= 4 is 27.3 Å². The Hall–Kier alpha value is -2.62. The lowest BCUT2D eigenvalue weighted by molar-refractivity contribution is 0.0730. The number of methoxy groups -OCH3 is 1. The molecule has 1 amide bonds. The second-order valence-electron chi connectivity index (χ2n) is 6.44. The Bertz CT molecular complexity index is 972. The minimum atomic E-state index is -3.67. The van der Waals surface area contributed by atoms with Gasteiger partial charge in [0.15, 0.2) is 0 Å². The number of rotatable bonds is 7. The van der Waals surface area contributed by atoms with Gasteiger partial charge in [-0.25, -0.2) is 8.42 Å². The van der Waals surface area contributed by atoms with E-state index in [0.29, 0.717) is 55.5 Å². The lowest BCUT2D eigenvalue weighted by Gasteiger charge is -2.26. The van der Waals surface area contributed by atoms with Gasteiger partial charge in [0, 0.05) is 25.2 Å². The zero-order valence-electron chi connectivity index (χ0n) is 16.5. The van der Waals surface area contributed by atoms with Crippen molar-refractivity contribution in [3.05, 3.63) is 48.0 Å². The zero-order valence-corrected chi connectivity index (χ0v) is 17.3. The summed E-state index contributed by atoms with van der Waals surface area (Å²) in [7, 11) is -2.15. The van der Waals surface area contributed by atoms with Crippen molar-refractivity contribution in [1.29, 1.82) is 0 Å². The fraction of sp³-hybridized carbons (Fsp3) is 0.350. The highest BCUT2D eigenvalue weighted by Crippen LogP contribution is 2.28. The monoisotopic (exact) mass is 419 g/mol. The first-order valence-corrected chi connectivity index (χ1v) is 10.8. The molecule has 1 saturated heterocycles. The summed E-state index contributed by atoms with van der Waals surface area (Å²) in [6.45, 7) is 3.90. The number of ether oxygens (including phenoxy) is 2. The number of nitrogens with one attached hydrogen (secondary N) is 2. The van der Waals surface area contributed by atoms with Gasteiger partial charge in [0.05, 0.1) is 36.6 Å². The first-order valence-electron chi connectivity index (χ1n) is 9.37. The van der Waals surface area contributed by atoms with Crippen LogP contribution in [-0.4, -0.2) is 58.6 Å². The summed E-state index contributed by atoms with van der Waals surface area (Å²) in [5.41, 5.74) is 1.45. The van der Waals surface area contributed by atoms with Crippen LogP contribution in [0.25, 0.3) is 0 Å². The van der Waals surface area contributed by atoms with Crippen LogP contribution in [0.4, 0.5) is 11.4 Å². The third-order valence-corrected chi connectivity index (χ3v) is 6.44. The molecule has 29 heavy (non-hydrogen) atoms. The number of anilines is 2. The first-order chi connectivity index (χ1) is 14.0. The molecule has 0 aliphatic carbocycles. The molecule has 0 aromatic heterocycles. The van der Waals surface area contributed by atoms with E-state index in [1.807, 2.05) is 6.92 Å². The number of hydrogen-bond acceptors (Lipinski definition) is 6. The van der Waals surface area contributed by atoms with Gasteiger partial charge in [-0.2, -0.15) is 4.31 Å². The van der Waals surface area contributed by atoms with Crippen LogP contribution in [0.1, 0.15) is 17.3 Å². The van der Waals surface area contributed by atoms with Crippen LogP contribution in [0.2, 0.25) is 0 Å². The second-order valence-corrected chi connectivity index (χ2v) is 8.38. The van der Waals surface area contributed by atoms with E-state index in [1.165, 1.54) is 17.5 Å². The number of benzene rings is 2. The number of amides is 1. The fourth-order valence-electron chi connectivity index (χ4n) is 3.03. The van der Waals surface area contributed by atoms with Gasteiger partial charge in [-0.3, -0.25) is 4.79 Å². The summed E-state index contributed by atoms with van der Waals surface area (Å²) in [6.07, 6.45) is 0. The number of hydrogen-bond donors (Lipinski definition) is 2. The molecule has 8 nitrogen and oxygen atoms in total. The molecule has 0 radical (unpaired) electrons. The molecule has 2 aromatic carbocycles. The Morgan fingerprint density at radius 3 is 2.59 bits per heavy atom. The van der Waals surface area contributed by atoms with Crippen molar-refractivity contribution < 1.29 is 22.7 Å². The molecule has 9 heteroatoms. The smallest absolute Gasteiger partial charge is 0.255 e. The Morgan fingerprint density at radius 1 is 1.14 bits per heavy atom. The Labute approximate surface area is 170 Å². The van der Waals surface area contributed by atoms with Gasteiger partial charge in [0.1, 0.15) is 5.75 Å². The van der Waals surface area contributed by atoms with Gasteiger partial charge in [0.2, 0.25) is 10.0 Å². The first kappa shape index (κ1) is 21.1. The van der Waals surface area contributed by atoms with E-state index < -0.39 is 10.0 Å². The molecule has 0 saturated carbocycles. The summed E-state index contributed by atoms with van der Waals surface area (Å²) in [5, 5.41) is 5.96. The van der Waals surface area contributed by atoms with Crippen LogP contribution in [0.15, 0.2) is 47.4 Å². The molecular formula is C20H25N3O5S. The molecule has 0 atom stereocenters. The van der Waals surface area contributed by atoms with E-state index >= 15 is 0 Å². The molecule has 0 unspecified atom stereocenters. The van der Waals surface area contributed by atoms with Crippen LogP contribution < -0.4 is 15.4 Å². The van der Waals surface area contributed by atoms with E-state index in [0.717, 1.165) is 0 Å². The van der Waals surface area contributed by atoms with Crippen molar-refractivity contribution in [2.24, 2.45) is 0 Å². The molecule has 0 spiro atoms. The minimum Gasteiger partial charge on any atom is -0.497 e. The van der Waals surface area contributed by atoms with Crippen LogP contribution in [0.3, 0.4) is 0 Å². The van der Waals surface area contributed by atoms with Crippen molar-refractivity contribution in [2.75, 3.05) is 50.6 Å². The average Bonchev–Trinajstić information content (AvgIpc) is 2.75. The molecular weight excluding hydrogens is 394 g/mol. The van der Waals surface area contributed by atoms with Gasteiger partial charge < -0.3 is 20.1 Å². The maximum atomic E-state index is 13.0. The lowest BCUT2D eigenvalue weighted by atomic mass is 10.2. The standard InChI is InChI=1S/C20H25N3O5S/c1-3-21-18-8-7-17(29(25,26)23-9-11-28-12-10-23)14-19(18)22-20(24)15-5-4-6-16(13-15)27-2/h4-8,13-14,21H,3,9-12H2,1-2H3,(H,22,24).